The quantitative estimate of drug-likeness (QED) is 0.468. The maximum absolute atomic E-state index is 12.1. The van der Waals surface area contributed by atoms with E-state index in [1.54, 1.807) is 0 Å². The van der Waals surface area contributed by atoms with Crippen LogP contribution in [-0.4, -0.2) is 0 Å². The molecule has 0 spiro atoms. The van der Waals surface area contributed by atoms with Crippen LogP contribution >= 0.6 is 15.9 Å². The Hall–Kier alpha value is -1.65. The first kappa shape index (κ1) is 11.2. The normalized spacial score (nSPS) is 14.2. The van der Waals surface area contributed by atoms with Crippen LogP contribution < -0.4 is 5.63 Å². The van der Waals surface area contributed by atoms with Crippen LogP contribution in [0.25, 0.3) is 21.7 Å². The molecule has 0 saturated carbocycles. The van der Waals surface area contributed by atoms with Gasteiger partial charge in [0.25, 0.3) is 0 Å². The van der Waals surface area contributed by atoms with Crippen LogP contribution in [-0.2, 0) is 18.0 Å². The average molecular weight is 317 g/mol. The Balaban J connectivity index is 2.30. The highest BCUT2D eigenvalue weighted by Crippen LogP contribution is 2.33. The topological polar surface area (TPSA) is 39.4 Å². The maximum Gasteiger partial charge on any atom is 0.344 e. The SMILES string of the molecule is O=c1oc2cc(Br)ccc2c2c3c(ccc12)COC3. The molecule has 4 heteroatoms. The number of benzene rings is 2. The summed E-state index contributed by atoms with van der Waals surface area (Å²) >= 11 is 3.40. The van der Waals surface area contributed by atoms with Gasteiger partial charge in [0.15, 0.2) is 0 Å². The predicted molar refractivity (Wildman–Crippen MR) is 76.2 cm³/mol. The number of hydrogen-bond donors (Lipinski definition) is 0. The monoisotopic (exact) mass is 316 g/mol. The van der Waals surface area contributed by atoms with Crippen molar-refractivity contribution in [3.8, 4) is 0 Å². The van der Waals surface area contributed by atoms with Crippen LogP contribution in [0.5, 0.6) is 0 Å². The van der Waals surface area contributed by atoms with E-state index in [1.807, 2.05) is 30.3 Å². The molecular weight excluding hydrogens is 308 g/mol. The van der Waals surface area contributed by atoms with E-state index in [-0.39, 0.29) is 5.63 Å². The fourth-order valence-corrected chi connectivity index (χ4v) is 3.01. The second-order valence-electron chi connectivity index (χ2n) is 4.65. The van der Waals surface area contributed by atoms with Gasteiger partial charge in [-0.05, 0) is 35.4 Å². The standard InChI is InChI=1S/C15H9BrO3/c16-9-2-4-10-13(5-9)19-15(17)11-3-1-8-6-18-7-12(8)14(10)11/h1-5H,6-7H2. The lowest BCUT2D eigenvalue weighted by Gasteiger charge is -2.07. The Morgan fingerprint density at radius 3 is 2.79 bits per heavy atom. The van der Waals surface area contributed by atoms with Crippen LogP contribution in [0.1, 0.15) is 11.1 Å². The summed E-state index contributed by atoms with van der Waals surface area (Å²) in [6.07, 6.45) is 0. The molecule has 2 aromatic carbocycles. The van der Waals surface area contributed by atoms with Crippen molar-refractivity contribution in [2.45, 2.75) is 13.2 Å². The number of hydrogen-bond acceptors (Lipinski definition) is 3. The minimum Gasteiger partial charge on any atom is -0.422 e. The predicted octanol–water partition coefficient (Wildman–Crippen LogP) is 3.74. The lowest BCUT2D eigenvalue weighted by Crippen LogP contribution is -2.02. The molecule has 3 aromatic rings. The van der Waals surface area contributed by atoms with E-state index in [2.05, 4.69) is 15.9 Å². The smallest absolute Gasteiger partial charge is 0.344 e. The molecule has 1 aliphatic heterocycles. The summed E-state index contributed by atoms with van der Waals surface area (Å²) in [4.78, 5) is 12.1. The van der Waals surface area contributed by atoms with Crippen molar-refractivity contribution >= 4 is 37.7 Å². The fourth-order valence-electron chi connectivity index (χ4n) is 2.67. The van der Waals surface area contributed by atoms with Gasteiger partial charge in [0.2, 0.25) is 0 Å². The van der Waals surface area contributed by atoms with Crippen molar-refractivity contribution in [3.63, 3.8) is 0 Å². The molecule has 0 saturated heterocycles. The van der Waals surface area contributed by atoms with Crippen LogP contribution in [0, 0.1) is 0 Å². The molecule has 4 rings (SSSR count). The second kappa shape index (κ2) is 3.92. The molecule has 2 heterocycles. The summed E-state index contributed by atoms with van der Waals surface area (Å²) in [6, 6.07) is 9.54. The highest BCUT2D eigenvalue weighted by molar-refractivity contribution is 9.10. The Labute approximate surface area is 116 Å². The van der Waals surface area contributed by atoms with Gasteiger partial charge in [0.05, 0.1) is 18.6 Å². The van der Waals surface area contributed by atoms with Crippen molar-refractivity contribution in [1.29, 1.82) is 0 Å². The van der Waals surface area contributed by atoms with Gasteiger partial charge in [0, 0.05) is 15.2 Å². The van der Waals surface area contributed by atoms with Gasteiger partial charge in [-0.25, -0.2) is 4.79 Å². The van der Waals surface area contributed by atoms with Crippen LogP contribution in [0.4, 0.5) is 0 Å². The maximum atomic E-state index is 12.1. The lowest BCUT2D eigenvalue weighted by molar-refractivity contribution is 0.135. The minimum absolute atomic E-state index is 0.296. The molecule has 0 amide bonds. The zero-order valence-corrected chi connectivity index (χ0v) is 11.5. The van der Waals surface area contributed by atoms with Crippen LogP contribution in [0.2, 0.25) is 0 Å². The number of rotatable bonds is 0. The summed E-state index contributed by atoms with van der Waals surface area (Å²) in [6.45, 7) is 1.17. The van der Waals surface area contributed by atoms with E-state index in [9.17, 15) is 4.79 Å². The molecular formula is C15H9BrO3. The summed E-state index contributed by atoms with van der Waals surface area (Å²) in [5.41, 5.74) is 2.57. The fraction of sp³-hybridized carbons (Fsp3) is 0.133. The first-order valence-electron chi connectivity index (χ1n) is 5.98. The molecule has 94 valence electrons. The van der Waals surface area contributed by atoms with Gasteiger partial charge in [0.1, 0.15) is 5.58 Å². The molecule has 0 aliphatic carbocycles. The molecule has 0 atom stereocenters. The lowest BCUT2D eigenvalue weighted by atomic mass is 9.99. The zero-order valence-electron chi connectivity index (χ0n) is 9.90. The Kier molecular flexibility index (Phi) is 2.31. The molecule has 19 heavy (non-hydrogen) atoms. The van der Waals surface area contributed by atoms with Gasteiger partial charge < -0.3 is 9.15 Å². The third kappa shape index (κ3) is 1.57. The van der Waals surface area contributed by atoms with Gasteiger partial charge in [-0.2, -0.15) is 0 Å². The van der Waals surface area contributed by atoms with E-state index in [0.29, 0.717) is 24.2 Å². The van der Waals surface area contributed by atoms with Crippen molar-refractivity contribution in [3.05, 3.63) is 56.4 Å². The third-order valence-electron chi connectivity index (χ3n) is 3.55. The van der Waals surface area contributed by atoms with Crippen LogP contribution in [0.15, 0.2) is 44.0 Å². The van der Waals surface area contributed by atoms with E-state index in [1.165, 1.54) is 0 Å². The zero-order chi connectivity index (χ0) is 13.0. The molecule has 1 aromatic heterocycles. The molecule has 0 bridgehead atoms. The third-order valence-corrected chi connectivity index (χ3v) is 4.04. The van der Waals surface area contributed by atoms with Gasteiger partial charge >= 0.3 is 5.63 Å². The molecule has 0 radical (unpaired) electrons. The molecule has 0 unspecified atom stereocenters. The Morgan fingerprint density at radius 1 is 1.05 bits per heavy atom. The van der Waals surface area contributed by atoms with Crippen molar-refractivity contribution in [2.24, 2.45) is 0 Å². The first-order chi connectivity index (χ1) is 9.24. The number of halogens is 1. The highest BCUT2D eigenvalue weighted by atomic mass is 79.9. The summed E-state index contributed by atoms with van der Waals surface area (Å²) in [5.74, 6) is 0. The Morgan fingerprint density at radius 2 is 1.89 bits per heavy atom. The van der Waals surface area contributed by atoms with E-state index in [0.717, 1.165) is 26.4 Å². The van der Waals surface area contributed by atoms with Gasteiger partial charge in [-0.1, -0.05) is 22.0 Å². The van der Waals surface area contributed by atoms with Gasteiger partial charge in [-0.15, -0.1) is 0 Å². The van der Waals surface area contributed by atoms with Gasteiger partial charge in [-0.3, -0.25) is 0 Å². The minimum atomic E-state index is -0.296. The largest absolute Gasteiger partial charge is 0.422 e. The molecule has 3 nitrogen and oxygen atoms in total. The molecule has 1 aliphatic rings. The number of ether oxygens (including phenoxy) is 1. The van der Waals surface area contributed by atoms with Crippen molar-refractivity contribution < 1.29 is 9.15 Å². The van der Waals surface area contributed by atoms with E-state index >= 15 is 0 Å². The molecule has 0 N–H and O–H groups in total. The first-order valence-corrected chi connectivity index (χ1v) is 6.78. The van der Waals surface area contributed by atoms with Crippen LogP contribution in [0.3, 0.4) is 0 Å². The summed E-state index contributed by atoms with van der Waals surface area (Å²) < 4.78 is 11.8. The Bertz CT molecular complexity index is 880. The van der Waals surface area contributed by atoms with E-state index < -0.39 is 0 Å². The van der Waals surface area contributed by atoms with Crippen molar-refractivity contribution in [2.75, 3.05) is 0 Å². The van der Waals surface area contributed by atoms with Crippen molar-refractivity contribution in [1.82, 2.24) is 0 Å². The molecule has 0 fully saturated rings. The highest BCUT2D eigenvalue weighted by Gasteiger charge is 2.18. The summed E-state index contributed by atoms with van der Waals surface area (Å²) in [7, 11) is 0. The van der Waals surface area contributed by atoms with E-state index in [4.69, 9.17) is 9.15 Å². The second-order valence-corrected chi connectivity index (χ2v) is 5.56. The number of fused-ring (bicyclic) bond motifs is 5. The average Bonchev–Trinajstić information content (AvgIpc) is 2.86. The summed E-state index contributed by atoms with van der Waals surface area (Å²) in [5, 5.41) is 2.55.